The van der Waals surface area contributed by atoms with Crippen molar-refractivity contribution in [2.24, 2.45) is 5.92 Å². The van der Waals surface area contributed by atoms with Gasteiger partial charge in [-0.05, 0) is 55.1 Å². The molecule has 0 spiro atoms. The Hall–Kier alpha value is -3.34. The first-order valence-electron chi connectivity index (χ1n) is 11.5. The van der Waals surface area contributed by atoms with E-state index in [-0.39, 0.29) is 24.5 Å². The van der Waals surface area contributed by atoms with Gasteiger partial charge in [0.1, 0.15) is 5.82 Å². The lowest BCUT2D eigenvalue weighted by Gasteiger charge is -2.23. The molecule has 1 aromatic heterocycles. The van der Waals surface area contributed by atoms with E-state index in [2.05, 4.69) is 26.0 Å². The van der Waals surface area contributed by atoms with Crippen LogP contribution in [0.5, 0.6) is 0 Å². The van der Waals surface area contributed by atoms with E-state index in [9.17, 15) is 19.1 Å². The molecule has 1 amide bonds. The summed E-state index contributed by atoms with van der Waals surface area (Å²) in [6, 6.07) is 11.1. The number of carbonyl (C=O) groups is 2. The third kappa shape index (κ3) is 8.11. The summed E-state index contributed by atoms with van der Waals surface area (Å²) in [6.07, 6.45) is 2.62. The second kappa shape index (κ2) is 13.7. The predicted molar refractivity (Wildman–Crippen MR) is 133 cm³/mol. The molecule has 192 valence electrons. The summed E-state index contributed by atoms with van der Waals surface area (Å²) >= 11 is 6.01. The molecular weight excluding hydrogens is 489 g/mol. The molecule has 2 atom stereocenters. The standard InChI is InChI=1S/C25H29ClFN5O4/c1-36-10-2-9-28-14-18(25(34)35)12-20(30-24(33)23-15-29-32-31-23)11-16-3-5-17(6-4-16)21-13-19(26)7-8-22(21)27/h3-8,13,15,18,20,28H,2,9-12,14H2,1H3,(H,30,33)(H,34,35)(H,29,31,32)/t18?,20-/m1/s1. The van der Waals surface area contributed by atoms with Crippen LogP contribution >= 0.6 is 11.6 Å². The molecule has 0 aliphatic rings. The molecule has 0 aliphatic heterocycles. The normalized spacial score (nSPS) is 12.8. The highest BCUT2D eigenvalue weighted by molar-refractivity contribution is 6.30. The van der Waals surface area contributed by atoms with Crippen molar-refractivity contribution in [3.05, 3.63) is 70.8 Å². The second-order valence-corrected chi connectivity index (χ2v) is 8.81. The first-order chi connectivity index (χ1) is 17.4. The number of aliphatic carboxylic acids is 1. The van der Waals surface area contributed by atoms with E-state index in [1.165, 1.54) is 18.3 Å². The average molecular weight is 518 g/mol. The van der Waals surface area contributed by atoms with Gasteiger partial charge in [-0.15, -0.1) is 0 Å². The molecule has 3 rings (SSSR count). The number of nitrogens with one attached hydrogen (secondary N) is 3. The molecule has 0 aliphatic carbocycles. The van der Waals surface area contributed by atoms with Crippen molar-refractivity contribution in [2.75, 3.05) is 26.8 Å². The molecule has 0 radical (unpaired) electrons. The van der Waals surface area contributed by atoms with Crippen LogP contribution in [0.2, 0.25) is 5.02 Å². The van der Waals surface area contributed by atoms with E-state index in [1.807, 2.05) is 12.1 Å². The van der Waals surface area contributed by atoms with Gasteiger partial charge in [-0.25, -0.2) is 4.39 Å². The Morgan fingerprint density at radius 1 is 1.22 bits per heavy atom. The summed E-state index contributed by atoms with van der Waals surface area (Å²) < 4.78 is 19.3. The Kier molecular flexibility index (Phi) is 10.3. The number of benzene rings is 2. The third-order valence-electron chi connectivity index (χ3n) is 5.67. The molecule has 4 N–H and O–H groups in total. The van der Waals surface area contributed by atoms with Crippen LogP contribution in [0, 0.1) is 11.7 Å². The number of ether oxygens (including phenoxy) is 1. The van der Waals surface area contributed by atoms with Crippen LogP contribution in [0.3, 0.4) is 0 Å². The molecule has 1 unspecified atom stereocenters. The van der Waals surface area contributed by atoms with Crippen LogP contribution in [0.4, 0.5) is 4.39 Å². The highest BCUT2D eigenvalue weighted by atomic mass is 35.5. The van der Waals surface area contributed by atoms with Gasteiger partial charge in [0.25, 0.3) is 5.91 Å². The van der Waals surface area contributed by atoms with E-state index in [0.29, 0.717) is 35.7 Å². The van der Waals surface area contributed by atoms with E-state index in [4.69, 9.17) is 16.3 Å². The van der Waals surface area contributed by atoms with Gasteiger partial charge >= 0.3 is 5.97 Å². The molecular formula is C25H29ClFN5O4. The number of H-pyrrole nitrogens is 1. The van der Waals surface area contributed by atoms with Crippen LogP contribution in [0.1, 0.15) is 28.9 Å². The Morgan fingerprint density at radius 3 is 2.67 bits per heavy atom. The maximum Gasteiger partial charge on any atom is 0.307 e. The molecule has 9 nitrogen and oxygen atoms in total. The summed E-state index contributed by atoms with van der Waals surface area (Å²) in [6.45, 7) is 1.45. The van der Waals surface area contributed by atoms with Gasteiger partial charge in [-0.1, -0.05) is 35.9 Å². The van der Waals surface area contributed by atoms with Crippen LogP contribution in [0.25, 0.3) is 11.1 Å². The Morgan fingerprint density at radius 2 is 2.00 bits per heavy atom. The van der Waals surface area contributed by atoms with E-state index in [0.717, 1.165) is 12.0 Å². The van der Waals surface area contributed by atoms with Crippen molar-refractivity contribution >= 4 is 23.5 Å². The number of amides is 1. The van der Waals surface area contributed by atoms with Gasteiger partial charge in [-0.3, -0.25) is 9.59 Å². The first-order valence-corrected chi connectivity index (χ1v) is 11.9. The van der Waals surface area contributed by atoms with Crippen LogP contribution in [-0.4, -0.2) is 65.2 Å². The number of nitrogens with zero attached hydrogens (tertiary/aromatic N) is 2. The molecule has 0 fully saturated rings. The third-order valence-corrected chi connectivity index (χ3v) is 5.90. The molecule has 3 aromatic rings. The fourth-order valence-electron chi connectivity index (χ4n) is 3.82. The average Bonchev–Trinajstić information content (AvgIpc) is 3.40. The predicted octanol–water partition coefficient (Wildman–Crippen LogP) is 3.32. The zero-order valence-electron chi connectivity index (χ0n) is 19.8. The Balaban J connectivity index is 1.73. The molecule has 0 saturated carbocycles. The van der Waals surface area contributed by atoms with E-state index in [1.54, 1.807) is 25.3 Å². The van der Waals surface area contributed by atoms with E-state index < -0.39 is 23.8 Å². The minimum Gasteiger partial charge on any atom is -0.481 e. The van der Waals surface area contributed by atoms with Gasteiger partial charge in [0, 0.05) is 36.9 Å². The first kappa shape index (κ1) is 27.3. The van der Waals surface area contributed by atoms with Crippen molar-refractivity contribution in [2.45, 2.75) is 25.3 Å². The number of aromatic nitrogens is 3. The quantitative estimate of drug-likeness (QED) is 0.241. The molecule has 0 bridgehead atoms. The van der Waals surface area contributed by atoms with Crippen molar-refractivity contribution in [3.63, 3.8) is 0 Å². The van der Waals surface area contributed by atoms with Crippen LogP contribution < -0.4 is 10.6 Å². The molecule has 11 heteroatoms. The highest BCUT2D eigenvalue weighted by Gasteiger charge is 2.25. The Labute approximate surface area is 213 Å². The number of hydrogen-bond donors (Lipinski definition) is 4. The number of aromatic amines is 1. The number of carbonyl (C=O) groups excluding carboxylic acids is 1. The summed E-state index contributed by atoms with van der Waals surface area (Å²) in [5, 5.41) is 26.1. The lowest BCUT2D eigenvalue weighted by Crippen LogP contribution is -2.41. The van der Waals surface area contributed by atoms with Gasteiger partial charge in [-0.2, -0.15) is 15.4 Å². The zero-order chi connectivity index (χ0) is 25.9. The zero-order valence-corrected chi connectivity index (χ0v) is 20.6. The lowest BCUT2D eigenvalue weighted by atomic mass is 9.93. The van der Waals surface area contributed by atoms with Crippen LogP contribution in [0.15, 0.2) is 48.7 Å². The molecule has 1 heterocycles. The minimum absolute atomic E-state index is 0.108. The summed E-state index contributed by atoms with van der Waals surface area (Å²) in [4.78, 5) is 24.6. The van der Waals surface area contributed by atoms with Gasteiger partial charge < -0.3 is 20.5 Å². The lowest BCUT2D eigenvalue weighted by molar-refractivity contribution is -0.142. The number of hydrogen-bond acceptors (Lipinski definition) is 6. The molecule has 2 aromatic carbocycles. The number of carboxylic acid groups (broad SMARTS) is 1. The van der Waals surface area contributed by atoms with Crippen LogP contribution in [-0.2, 0) is 16.0 Å². The molecule has 36 heavy (non-hydrogen) atoms. The number of methoxy groups -OCH3 is 1. The van der Waals surface area contributed by atoms with Gasteiger partial charge in [0.05, 0.1) is 12.1 Å². The highest BCUT2D eigenvalue weighted by Crippen LogP contribution is 2.26. The summed E-state index contributed by atoms with van der Waals surface area (Å²) in [5.41, 5.74) is 2.00. The fraction of sp³-hybridized carbons (Fsp3) is 0.360. The van der Waals surface area contributed by atoms with Gasteiger partial charge in [0.15, 0.2) is 5.69 Å². The fourth-order valence-corrected chi connectivity index (χ4v) is 3.99. The summed E-state index contributed by atoms with van der Waals surface area (Å²) in [7, 11) is 1.61. The van der Waals surface area contributed by atoms with Crippen molar-refractivity contribution in [3.8, 4) is 11.1 Å². The monoisotopic (exact) mass is 517 g/mol. The second-order valence-electron chi connectivity index (χ2n) is 8.37. The largest absolute Gasteiger partial charge is 0.481 e. The number of rotatable bonds is 14. The van der Waals surface area contributed by atoms with Gasteiger partial charge in [0.2, 0.25) is 0 Å². The van der Waals surface area contributed by atoms with Crippen molar-refractivity contribution in [1.29, 1.82) is 0 Å². The molecule has 0 saturated heterocycles. The number of halogens is 2. The SMILES string of the molecule is COCCCNCC(C[C@@H](Cc1ccc(-c2cc(Cl)ccc2F)cc1)NC(=O)c1cn[nH]n1)C(=O)O. The minimum atomic E-state index is -0.957. The van der Waals surface area contributed by atoms with E-state index >= 15 is 0 Å². The van der Waals surface area contributed by atoms with Crippen molar-refractivity contribution in [1.82, 2.24) is 26.0 Å². The smallest absolute Gasteiger partial charge is 0.307 e. The maximum absolute atomic E-state index is 14.2. The Bertz CT molecular complexity index is 1130. The topological polar surface area (TPSA) is 129 Å². The maximum atomic E-state index is 14.2. The van der Waals surface area contributed by atoms with Crippen molar-refractivity contribution < 1.29 is 23.8 Å². The number of carboxylic acids is 1. The summed E-state index contributed by atoms with van der Waals surface area (Å²) in [5.74, 6) is -2.52.